The van der Waals surface area contributed by atoms with Crippen LogP contribution in [-0.2, 0) is 22.6 Å². The lowest BCUT2D eigenvalue weighted by molar-refractivity contribution is -0.136. The van der Waals surface area contributed by atoms with E-state index < -0.39 is 12.0 Å². The fourth-order valence-electron chi connectivity index (χ4n) is 9.78. The van der Waals surface area contributed by atoms with Gasteiger partial charge < -0.3 is 19.8 Å². The Morgan fingerprint density at radius 1 is 0.712 bits per heavy atom. The number of halogens is 2. The minimum Gasteiger partial charge on any atom is -0.478 e. The van der Waals surface area contributed by atoms with Crippen molar-refractivity contribution in [1.82, 2.24) is 15.1 Å². The molecule has 9 rings (SSSR count). The molecule has 4 heterocycles. The molecule has 4 aliphatic heterocycles. The van der Waals surface area contributed by atoms with Crippen LogP contribution < -0.4 is 15.1 Å². The van der Waals surface area contributed by atoms with Crippen LogP contribution >= 0.6 is 23.2 Å². The number of hydrogen-bond acceptors (Lipinski definition) is 7. The number of fused-ring (bicyclic) bond motifs is 2. The number of piperazine rings is 1. The summed E-state index contributed by atoms with van der Waals surface area (Å²) >= 11 is 13.1. The summed E-state index contributed by atoms with van der Waals surface area (Å²) in [7, 11) is 0. The van der Waals surface area contributed by atoms with Crippen molar-refractivity contribution < 1.29 is 24.3 Å². The summed E-state index contributed by atoms with van der Waals surface area (Å²) in [5, 5.41) is 13.3. The van der Waals surface area contributed by atoms with Gasteiger partial charge in [0.15, 0.2) is 0 Å². The molecule has 3 fully saturated rings. The number of rotatable bonds is 8. The monoisotopic (exact) mass is 831 g/mol. The summed E-state index contributed by atoms with van der Waals surface area (Å²) in [5.74, 6) is -1.09. The van der Waals surface area contributed by atoms with Crippen LogP contribution in [0.3, 0.4) is 0 Å². The first kappa shape index (κ1) is 39.3. The van der Waals surface area contributed by atoms with Gasteiger partial charge in [0, 0.05) is 85.8 Å². The summed E-state index contributed by atoms with van der Waals surface area (Å²) in [6, 6.07) is 25.4. The number of aryl methyl sites for hydroxylation is 1. The molecular formula is C47H47Cl2N5O5. The number of anilines is 2. The van der Waals surface area contributed by atoms with E-state index in [1.165, 1.54) is 5.69 Å². The standard InChI is InChI=1S/C47H47Cl2N5O5/c48-34-7-12-39(41(49)26-34)40-3-1-2-31-24-32(47(58)59)6-11-37(31)44(40)30-4-8-35(9-5-30)52-18-16-29(17-19-52)27-51-20-22-53(23-21-51)36-10-13-38-33(25-36)28-54(46(38)57)42-14-15-43(55)50-45(42)56/h4-13,24-26,29,42H,1-3,14-23,27-28H2,(H,58,59)(H,50,55,56)/t42-/m1/s1. The minimum atomic E-state index is -0.922. The fraction of sp³-hybridized carbons (Fsp3) is 0.362. The van der Waals surface area contributed by atoms with Gasteiger partial charge in [0.1, 0.15) is 6.04 Å². The number of carbonyl (C=O) groups is 4. The van der Waals surface area contributed by atoms with E-state index in [0.717, 1.165) is 123 Å². The molecule has 0 saturated carbocycles. The predicted octanol–water partition coefficient (Wildman–Crippen LogP) is 7.79. The van der Waals surface area contributed by atoms with Crippen LogP contribution in [0.25, 0.3) is 11.1 Å². The molecule has 0 radical (unpaired) electrons. The lowest BCUT2D eigenvalue weighted by Crippen LogP contribution is -2.52. The average Bonchev–Trinajstić information content (AvgIpc) is 3.43. The molecule has 3 amide bonds. The lowest BCUT2D eigenvalue weighted by Gasteiger charge is -2.40. The number of carboxylic acid groups (broad SMARTS) is 1. The topological polar surface area (TPSA) is 114 Å². The molecule has 0 aromatic heterocycles. The number of amides is 3. The Kier molecular flexibility index (Phi) is 11.0. The Morgan fingerprint density at radius 3 is 2.15 bits per heavy atom. The number of carboxylic acids is 1. The largest absolute Gasteiger partial charge is 0.478 e. The molecule has 5 aliphatic rings. The minimum absolute atomic E-state index is 0.138. The van der Waals surface area contributed by atoms with Crippen LogP contribution in [0.5, 0.6) is 0 Å². The maximum atomic E-state index is 13.2. The van der Waals surface area contributed by atoms with Crippen molar-refractivity contribution >= 4 is 69.4 Å². The van der Waals surface area contributed by atoms with Crippen LogP contribution in [0.15, 0.2) is 78.9 Å². The highest BCUT2D eigenvalue weighted by molar-refractivity contribution is 6.36. The Labute approximate surface area is 354 Å². The first-order chi connectivity index (χ1) is 28.6. The van der Waals surface area contributed by atoms with Gasteiger partial charge in [-0.15, -0.1) is 0 Å². The second-order valence-electron chi connectivity index (χ2n) is 16.5. The quantitative estimate of drug-likeness (QED) is 0.173. The Bertz CT molecular complexity index is 2360. The van der Waals surface area contributed by atoms with Crippen molar-refractivity contribution in [2.45, 2.75) is 57.5 Å². The summed E-state index contributed by atoms with van der Waals surface area (Å²) in [6.07, 6.45) is 5.35. The first-order valence-electron chi connectivity index (χ1n) is 20.7. The van der Waals surface area contributed by atoms with Gasteiger partial charge in [-0.2, -0.15) is 0 Å². The SMILES string of the molecule is O=C1CC[C@@H](N2Cc3cc(N4CCN(CC5CCN(c6ccc(C7=C(c8ccc(Cl)cc8Cl)CCCc8cc(C(=O)O)ccc87)cc6)CC5)CC4)ccc3C2=O)C(=O)N1. The molecule has 1 aliphatic carbocycles. The third-order valence-corrected chi connectivity index (χ3v) is 13.5. The van der Waals surface area contributed by atoms with Gasteiger partial charge in [0.2, 0.25) is 11.8 Å². The lowest BCUT2D eigenvalue weighted by atomic mass is 9.87. The Morgan fingerprint density at radius 2 is 1.42 bits per heavy atom. The molecular weight excluding hydrogens is 785 g/mol. The van der Waals surface area contributed by atoms with E-state index in [1.807, 2.05) is 36.4 Å². The highest BCUT2D eigenvalue weighted by Gasteiger charge is 2.39. The second kappa shape index (κ2) is 16.5. The predicted molar refractivity (Wildman–Crippen MR) is 231 cm³/mol. The third kappa shape index (κ3) is 7.98. The molecule has 10 nitrogen and oxygen atoms in total. The molecule has 59 heavy (non-hydrogen) atoms. The van der Waals surface area contributed by atoms with Crippen LogP contribution in [0.4, 0.5) is 11.4 Å². The second-order valence-corrected chi connectivity index (χ2v) is 17.4. The summed E-state index contributed by atoms with van der Waals surface area (Å²) < 4.78 is 0. The molecule has 2 N–H and O–H groups in total. The maximum Gasteiger partial charge on any atom is 0.335 e. The van der Waals surface area contributed by atoms with Crippen LogP contribution in [0, 0.1) is 5.92 Å². The molecule has 1 atom stereocenters. The van der Waals surface area contributed by atoms with Gasteiger partial charge in [-0.25, -0.2) is 4.79 Å². The number of aromatic carboxylic acids is 1. The molecule has 3 saturated heterocycles. The molecule has 12 heteroatoms. The van der Waals surface area contributed by atoms with E-state index in [2.05, 4.69) is 50.3 Å². The number of carbonyl (C=O) groups excluding carboxylic acids is 3. The number of nitrogens with one attached hydrogen (secondary N) is 1. The zero-order chi connectivity index (χ0) is 40.8. The number of imide groups is 1. The Hall–Kier alpha value is -5.16. The van der Waals surface area contributed by atoms with Gasteiger partial charge >= 0.3 is 5.97 Å². The zero-order valence-corrected chi connectivity index (χ0v) is 34.4. The van der Waals surface area contributed by atoms with Crippen molar-refractivity contribution in [2.24, 2.45) is 5.92 Å². The van der Waals surface area contributed by atoms with Crippen LogP contribution in [0.2, 0.25) is 10.0 Å². The normalized spacial score (nSPS) is 20.4. The fourth-order valence-corrected chi connectivity index (χ4v) is 10.3. The third-order valence-electron chi connectivity index (χ3n) is 12.9. The van der Waals surface area contributed by atoms with Gasteiger partial charge in [-0.05, 0) is 138 Å². The average molecular weight is 833 g/mol. The van der Waals surface area contributed by atoms with E-state index in [4.69, 9.17) is 23.2 Å². The van der Waals surface area contributed by atoms with Gasteiger partial charge in [0.05, 0.1) is 5.56 Å². The highest BCUT2D eigenvalue weighted by atomic mass is 35.5. The van der Waals surface area contributed by atoms with Crippen molar-refractivity contribution in [3.8, 4) is 0 Å². The highest BCUT2D eigenvalue weighted by Crippen LogP contribution is 2.43. The number of hydrogen-bond donors (Lipinski definition) is 2. The van der Waals surface area contributed by atoms with Crippen molar-refractivity contribution in [1.29, 1.82) is 0 Å². The van der Waals surface area contributed by atoms with Gasteiger partial charge in [-0.1, -0.05) is 47.5 Å². The molecule has 0 spiro atoms. The first-order valence-corrected chi connectivity index (χ1v) is 21.5. The summed E-state index contributed by atoms with van der Waals surface area (Å²) in [6.45, 7) is 7.30. The van der Waals surface area contributed by atoms with Gasteiger partial charge in [-0.3, -0.25) is 24.6 Å². The number of piperidine rings is 2. The summed E-state index contributed by atoms with van der Waals surface area (Å²) in [4.78, 5) is 58.3. The van der Waals surface area contributed by atoms with Crippen LogP contribution in [0.1, 0.15) is 87.1 Å². The number of allylic oxidation sites excluding steroid dienone is 1. The molecule has 4 aromatic rings. The Balaban J connectivity index is 0.820. The molecule has 0 bridgehead atoms. The number of benzene rings is 4. The molecule has 304 valence electrons. The van der Waals surface area contributed by atoms with E-state index in [-0.39, 0.29) is 24.1 Å². The smallest absolute Gasteiger partial charge is 0.335 e. The molecule has 0 unspecified atom stereocenters. The van der Waals surface area contributed by atoms with E-state index in [1.54, 1.807) is 17.0 Å². The molecule has 4 aromatic carbocycles. The van der Waals surface area contributed by atoms with E-state index in [9.17, 15) is 24.3 Å². The zero-order valence-electron chi connectivity index (χ0n) is 32.9. The summed E-state index contributed by atoms with van der Waals surface area (Å²) in [5.41, 5.74) is 10.6. The van der Waals surface area contributed by atoms with E-state index in [0.29, 0.717) is 40.1 Å². The van der Waals surface area contributed by atoms with Crippen molar-refractivity contribution in [3.05, 3.63) is 128 Å². The van der Waals surface area contributed by atoms with Gasteiger partial charge in [0.25, 0.3) is 5.91 Å². The van der Waals surface area contributed by atoms with Crippen molar-refractivity contribution in [3.63, 3.8) is 0 Å². The maximum absolute atomic E-state index is 13.2. The van der Waals surface area contributed by atoms with E-state index >= 15 is 0 Å². The van der Waals surface area contributed by atoms with Crippen LogP contribution in [-0.4, -0.2) is 90.5 Å². The van der Waals surface area contributed by atoms with Crippen molar-refractivity contribution in [2.75, 3.05) is 55.6 Å². The number of nitrogens with zero attached hydrogens (tertiary/aromatic N) is 4.